The Morgan fingerprint density at radius 3 is 2.84 bits per heavy atom. The molecule has 1 aliphatic heterocycles. The van der Waals surface area contributed by atoms with E-state index in [-0.39, 0.29) is 6.10 Å². The van der Waals surface area contributed by atoms with Crippen LogP contribution in [0.5, 0.6) is 0 Å². The fourth-order valence-corrected chi connectivity index (χ4v) is 2.06. The number of hydrogen-bond acceptors (Lipinski definition) is 6. The smallest absolute Gasteiger partial charge is 0.240 e. The van der Waals surface area contributed by atoms with Gasteiger partial charge in [-0.3, -0.25) is 4.90 Å². The Balaban J connectivity index is 1.94. The van der Waals surface area contributed by atoms with Crippen LogP contribution >= 0.6 is 0 Å². The van der Waals surface area contributed by atoms with Crippen LogP contribution in [0.4, 0.5) is 0 Å². The van der Waals surface area contributed by atoms with E-state index in [1.165, 1.54) is 0 Å². The van der Waals surface area contributed by atoms with Gasteiger partial charge in [-0.2, -0.15) is 4.98 Å². The molecule has 1 fully saturated rings. The molecule has 0 saturated carbocycles. The average Bonchev–Trinajstić information content (AvgIpc) is 2.85. The van der Waals surface area contributed by atoms with Gasteiger partial charge < -0.3 is 14.6 Å². The second kappa shape index (κ2) is 6.45. The Labute approximate surface area is 114 Å². The standard InChI is InChI=1S/C13H24N4O2/c1-9(2)14-7-12-15-13(16-19-12)11-8-17(10(3)4)5-6-18-11/h9-11,14H,5-8H2,1-4H3. The Morgan fingerprint density at radius 1 is 1.37 bits per heavy atom. The van der Waals surface area contributed by atoms with Gasteiger partial charge in [-0.15, -0.1) is 0 Å². The minimum absolute atomic E-state index is 0.0762. The number of nitrogens with one attached hydrogen (secondary N) is 1. The van der Waals surface area contributed by atoms with Gasteiger partial charge in [0.1, 0.15) is 6.10 Å². The maximum Gasteiger partial charge on any atom is 0.240 e. The molecule has 0 aromatic carbocycles. The summed E-state index contributed by atoms with van der Waals surface area (Å²) >= 11 is 0. The molecule has 1 N–H and O–H groups in total. The largest absolute Gasteiger partial charge is 0.367 e. The van der Waals surface area contributed by atoms with E-state index >= 15 is 0 Å². The SMILES string of the molecule is CC(C)NCc1nc(C2CN(C(C)C)CCO2)no1. The molecule has 1 unspecified atom stereocenters. The lowest BCUT2D eigenvalue weighted by Gasteiger charge is -2.34. The summed E-state index contributed by atoms with van der Waals surface area (Å²) in [5, 5.41) is 7.29. The summed E-state index contributed by atoms with van der Waals surface area (Å²) in [4.78, 5) is 6.78. The van der Waals surface area contributed by atoms with Crippen LogP contribution in [0.3, 0.4) is 0 Å². The highest BCUT2D eigenvalue weighted by molar-refractivity contribution is 4.94. The van der Waals surface area contributed by atoms with Crippen LogP contribution in [0.2, 0.25) is 0 Å². The van der Waals surface area contributed by atoms with Crippen LogP contribution in [-0.4, -0.2) is 46.8 Å². The first-order valence-electron chi connectivity index (χ1n) is 6.97. The lowest BCUT2D eigenvalue weighted by molar-refractivity contribution is -0.0450. The fourth-order valence-electron chi connectivity index (χ4n) is 2.06. The number of hydrogen-bond donors (Lipinski definition) is 1. The van der Waals surface area contributed by atoms with Crippen molar-refractivity contribution >= 4 is 0 Å². The first-order chi connectivity index (χ1) is 9.06. The third-order valence-electron chi connectivity index (χ3n) is 3.26. The van der Waals surface area contributed by atoms with Crippen LogP contribution in [0.15, 0.2) is 4.52 Å². The van der Waals surface area contributed by atoms with Crippen molar-refractivity contribution in [1.82, 2.24) is 20.4 Å². The molecule has 0 amide bonds. The predicted molar refractivity (Wildman–Crippen MR) is 71.7 cm³/mol. The van der Waals surface area contributed by atoms with Gasteiger partial charge in [-0.25, -0.2) is 0 Å². The summed E-state index contributed by atoms with van der Waals surface area (Å²) in [6.07, 6.45) is -0.0762. The first-order valence-corrected chi connectivity index (χ1v) is 6.97. The molecule has 2 heterocycles. The van der Waals surface area contributed by atoms with Gasteiger partial charge in [0.05, 0.1) is 13.2 Å². The Morgan fingerprint density at radius 2 is 2.16 bits per heavy atom. The fraction of sp³-hybridized carbons (Fsp3) is 0.846. The monoisotopic (exact) mass is 268 g/mol. The number of nitrogens with zero attached hydrogens (tertiary/aromatic N) is 3. The molecule has 0 radical (unpaired) electrons. The minimum Gasteiger partial charge on any atom is -0.367 e. The highest BCUT2D eigenvalue weighted by atomic mass is 16.5. The van der Waals surface area contributed by atoms with Crippen molar-refractivity contribution in [3.05, 3.63) is 11.7 Å². The zero-order valence-electron chi connectivity index (χ0n) is 12.2. The van der Waals surface area contributed by atoms with E-state index in [0.29, 0.717) is 30.3 Å². The maximum atomic E-state index is 5.74. The van der Waals surface area contributed by atoms with E-state index in [4.69, 9.17) is 9.26 Å². The molecule has 6 nitrogen and oxygen atoms in total. The third kappa shape index (κ3) is 3.99. The summed E-state index contributed by atoms with van der Waals surface area (Å²) in [6.45, 7) is 11.7. The van der Waals surface area contributed by atoms with Gasteiger partial charge in [-0.1, -0.05) is 19.0 Å². The molecule has 1 saturated heterocycles. The molecule has 1 aromatic heterocycles. The van der Waals surface area contributed by atoms with Crippen molar-refractivity contribution in [2.45, 2.75) is 52.4 Å². The van der Waals surface area contributed by atoms with Crippen LogP contribution in [0.25, 0.3) is 0 Å². The molecular weight excluding hydrogens is 244 g/mol. The highest BCUT2D eigenvalue weighted by Crippen LogP contribution is 2.21. The lowest BCUT2D eigenvalue weighted by atomic mass is 10.2. The van der Waals surface area contributed by atoms with Crippen molar-refractivity contribution in [3.63, 3.8) is 0 Å². The van der Waals surface area contributed by atoms with Gasteiger partial charge in [0.15, 0.2) is 0 Å². The molecule has 108 valence electrons. The molecule has 0 aliphatic carbocycles. The number of morpholine rings is 1. The highest BCUT2D eigenvalue weighted by Gasteiger charge is 2.27. The van der Waals surface area contributed by atoms with Crippen molar-refractivity contribution in [3.8, 4) is 0 Å². The molecule has 1 aromatic rings. The average molecular weight is 268 g/mol. The van der Waals surface area contributed by atoms with Gasteiger partial charge >= 0.3 is 0 Å². The number of ether oxygens (including phenoxy) is 1. The minimum atomic E-state index is -0.0762. The number of aromatic nitrogens is 2. The predicted octanol–water partition coefficient (Wildman–Crippen LogP) is 1.35. The summed E-state index contributed by atoms with van der Waals surface area (Å²) in [5.41, 5.74) is 0. The first kappa shape index (κ1) is 14.4. The second-order valence-electron chi connectivity index (χ2n) is 5.53. The summed E-state index contributed by atoms with van der Waals surface area (Å²) in [5.74, 6) is 1.28. The zero-order valence-corrected chi connectivity index (χ0v) is 12.2. The van der Waals surface area contributed by atoms with Gasteiger partial charge in [0.25, 0.3) is 0 Å². The van der Waals surface area contributed by atoms with E-state index in [2.05, 4.69) is 48.1 Å². The van der Waals surface area contributed by atoms with Crippen molar-refractivity contribution in [1.29, 1.82) is 0 Å². The van der Waals surface area contributed by atoms with Gasteiger partial charge in [0.2, 0.25) is 11.7 Å². The lowest BCUT2D eigenvalue weighted by Crippen LogP contribution is -2.42. The second-order valence-corrected chi connectivity index (χ2v) is 5.53. The molecule has 19 heavy (non-hydrogen) atoms. The third-order valence-corrected chi connectivity index (χ3v) is 3.26. The van der Waals surface area contributed by atoms with E-state index in [1.54, 1.807) is 0 Å². The Hall–Kier alpha value is -0.980. The van der Waals surface area contributed by atoms with Crippen LogP contribution in [0, 0.1) is 0 Å². The van der Waals surface area contributed by atoms with Gasteiger partial charge in [0, 0.05) is 25.2 Å². The summed E-state index contributed by atoms with van der Waals surface area (Å²) < 4.78 is 11.0. The van der Waals surface area contributed by atoms with Crippen LogP contribution < -0.4 is 5.32 Å². The van der Waals surface area contributed by atoms with E-state index < -0.39 is 0 Å². The molecule has 1 atom stereocenters. The molecular formula is C13H24N4O2. The van der Waals surface area contributed by atoms with Crippen LogP contribution in [0.1, 0.15) is 45.5 Å². The Kier molecular flexibility index (Phi) is 4.90. The normalized spacial score (nSPS) is 21.5. The van der Waals surface area contributed by atoms with E-state index in [9.17, 15) is 0 Å². The van der Waals surface area contributed by atoms with Crippen LogP contribution in [-0.2, 0) is 11.3 Å². The van der Waals surface area contributed by atoms with Gasteiger partial charge in [-0.05, 0) is 13.8 Å². The molecule has 0 spiro atoms. The topological polar surface area (TPSA) is 63.4 Å². The van der Waals surface area contributed by atoms with Crippen molar-refractivity contribution < 1.29 is 9.26 Å². The Bertz CT molecular complexity index is 392. The van der Waals surface area contributed by atoms with Crippen molar-refractivity contribution in [2.75, 3.05) is 19.7 Å². The molecule has 2 rings (SSSR count). The summed E-state index contributed by atoms with van der Waals surface area (Å²) in [6, 6.07) is 0.915. The van der Waals surface area contributed by atoms with E-state index in [0.717, 1.165) is 19.7 Å². The number of rotatable bonds is 5. The van der Waals surface area contributed by atoms with E-state index in [1.807, 2.05) is 0 Å². The quantitative estimate of drug-likeness (QED) is 0.869. The summed E-state index contributed by atoms with van der Waals surface area (Å²) in [7, 11) is 0. The molecule has 0 bridgehead atoms. The van der Waals surface area contributed by atoms with Crippen molar-refractivity contribution in [2.24, 2.45) is 0 Å². The maximum absolute atomic E-state index is 5.74. The molecule has 1 aliphatic rings. The molecule has 6 heteroatoms. The zero-order chi connectivity index (χ0) is 13.8.